The lowest BCUT2D eigenvalue weighted by Gasteiger charge is -2.19. The second kappa shape index (κ2) is 7.96. The van der Waals surface area contributed by atoms with Gasteiger partial charge in [0.25, 0.3) is 0 Å². The number of hydrogen-bond donors (Lipinski definition) is 0. The molecule has 1 aliphatic heterocycles. The first-order valence-electron chi connectivity index (χ1n) is 8.92. The molecule has 2 aromatic carbocycles. The highest BCUT2D eigenvalue weighted by Gasteiger charge is 2.23. The van der Waals surface area contributed by atoms with Gasteiger partial charge < -0.3 is 14.2 Å². The number of carbonyl (C=O) groups excluding carboxylic acids is 1. The van der Waals surface area contributed by atoms with Crippen LogP contribution in [0.25, 0.3) is 6.08 Å². The SMILES string of the molecule is COc1ccc2c(c1)C(=O)/C(=C\c1ccc(OCc3ccccn3)cc1)CO2. The molecule has 0 N–H and O–H groups in total. The predicted octanol–water partition coefficient (Wildman–Crippen LogP) is 4.33. The summed E-state index contributed by atoms with van der Waals surface area (Å²) < 4.78 is 16.7. The first-order valence-corrected chi connectivity index (χ1v) is 8.92. The van der Waals surface area contributed by atoms with Gasteiger partial charge in [0.15, 0.2) is 5.78 Å². The zero-order chi connectivity index (χ0) is 19.3. The number of pyridine rings is 1. The van der Waals surface area contributed by atoms with Crippen molar-refractivity contribution in [2.24, 2.45) is 0 Å². The molecule has 5 heteroatoms. The van der Waals surface area contributed by atoms with Crippen LogP contribution in [0.5, 0.6) is 17.2 Å². The van der Waals surface area contributed by atoms with Gasteiger partial charge in [-0.25, -0.2) is 0 Å². The zero-order valence-electron chi connectivity index (χ0n) is 15.4. The summed E-state index contributed by atoms with van der Waals surface area (Å²) in [6.07, 6.45) is 3.58. The lowest BCUT2D eigenvalue weighted by Crippen LogP contribution is -2.19. The van der Waals surface area contributed by atoms with Gasteiger partial charge in [-0.2, -0.15) is 0 Å². The Labute approximate surface area is 163 Å². The monoisotopic (exact) mass is 373 g/mol. The summed E-state index contributed by atoms with van der Waals surface area (Å²) in [6, 6.07) is 18.5. The Morgan fingerprint density at radius 1 is 1.07 bits per heavy atom. The maximum absolute atomic E-state index is 12.8. The Morgan fingerprint density at radius 2 is 1.89 bits per heavy atom. The Kier molecular flexibility index (Phi) is 5.06. The minimum Gasteiger partial charge on any atom is -0.497 e. The molecule has 1 aliphatic rings. The largest absolute Gasteiger partial charge is 0.497 e. The van der Waals surface area contributed by atoms with E-state index in [9.17, 15) is 4.79 Å². The fourth-order valence-electron chi connectivity index (χ4n) is 2.94. The summed E-state index contributed by atoms with van der Waals surface area (Å²) in [6.45, 7) is 0.655. The Balaban J connectivity index is 1.47. The third-order valence-corrected chi connectivity index (χ3v) is 4.44. The van der Waals surface area contributed by atoms with Crippen LogP contribution >= 0.6 is 0 Å². The Morgan fingerprint density at radius 3 is 2.64 bits per heavy atom. The van der Waals surface area contributed by atoms with Crippen LogP contribution < -0.4 is 14.2 Å². The lowest BCUT2D eigenvalue weighted by atomic mass is 9.98. The quantitative estimate of drug-likeness (QED) is 0.623. The van der Waals surface area contributed by atoms with E-state index in [1.54, 1.807) is 31.5 Å². The molecule has 0 saturated heterocycles. The Hall–Kier alpha value is -3.60. The minimum atomic E-state index is -0.0457. The number of ether oxygens (including phenoxy) is 3. The molecule has 28 heavy (non-hydrogen) atoms. The number of ketones is 1. The van der Waals surface area contributed by atoms with Gasteiger partial charge in [-0.3, -0.25) is 9.78 Å². The summed E-state index contributed by atoms with van der Waals surface area (Å²) in [5.74, 6) is 1.91. The second-order valence-electron chi connectivity index (χ2n) is 6.33. The van der Waals surface area contributed by atoms with Gasteiger partial charge in [-0.15, -0.1) is 0 Å². The van der Waals surface area contributed by atoms with Crippen molar-refractivity contribution in [1.82, 2.24) is 4.98 Å². The van der Waals surface area contributed by atoms with Crippen molar-refractivity contribution in [2.75, 3.05) is 13.7 Å². The van der Waals surface area contributed by atoms with Crippen LogP contribution in [0.1, 0.15) is 21.6 Å². The van der Waals surface area contributed by atoms with Gasteiger partial charge in [0.1, 0.15) is 30.5 Å². The van der Waals surface area contributed by atoms with Crippen LogP contribution in [-0.2, 0) is 6.61 Å². The second-order valence-corrected chi connectivity index (χ2v) is 6.33. The smallest absolute Gasteiger partial charge is 0.196 e. The van der Waals surface area contributed by atoms with Gasteiger partial charge in [-0.1, -0.05) is 18.2 Å². The van der Waals surface area contributed by atoms with E-state index in [1.165, 1.54) is 0 Å². The van der Waals surface area contributed by atoms with Crippen LogP contribution in [0.3, 0.4) is 0 Å². The zero-order valence-corrected chi connectivity index (χ0v) is 15.4. The number of nitrogens with zero attached hydrogens (tertiary/aromatic N) is 1. The van der Waals surface area contributed by atoms with E-state index in [0.29, 0.717) is 29.2 Å². The van der Waals surface area contributed by atoms with Gasteiger partial charge in [0.05, 0.1) is 18.4 Å². The third-order valence-electron chi connectivity index (χ3n) is 4.44. The molecule has 0 radical (unpaired) electrons. The van der Waals surface area contributed by atoms with E-state index >= 15 is 0 Å². The third kappa shape index (κ3) is 3.88. The van der Waals surface area contributed by atoms with E-state index in [0.717, 1.165) is 17.0 Å². The van der Waals surface area contributed by atoms with E-state index in [1.807, 2.05) is 48.5 Å². The molecule has 3 aromatic rings. The van der Waals surface area contributed by atoms with Crippen molar-refractivity contribution in [3.8, 4) is 17.2 Å². The normalized spacial score (nSPS) is 14.3. The van der Waals surface area contributed by atoms with E-state index in [2.05, 4.69) is 4.98 Å². The molecule has 0 atom stereocenters. The first-order chi connectivity index (χ1) is 13.7. The molecule has 0 unspecified atom stereocenters. The summed E-state index contributed by atoms with van der Waals surface area (Å²) in [5, 5.41) is 0. The van der Waals surface area contributed by atoms with Crippen LogP contribution in [0.15, 0.2) is 72.4 Å². The number of carbonyl (C=O) groups is 1. The molecule has 0 fully saturated rings. The van der Waals surface area contributed by atoms with Gasteiger partial charge >= 0.3 is 0 Å². The summed E-state index contributed by atoms with van der Waals surface area (Å²) >= 11 is 0. The summed E-state index contributed by atoms with van der Waals surface area (Å²) in [7, 11) is 1.57. The maximum atomic E-state index is 12.8. The lowest BCUT2D eigenvalue weighted by molar-refractivity contribution is 0.100. The molecule has 0 spiro atoms. The number of fused-ring (bicyclic) bond motifs is 1. The van der Waals surface area contributed by atoms with Crippen LogP contribution in [-0.4, -0.2) is 24.5 Å². The number of Topliss-reactive ketones (excluding diaryl/α,β-unsaturated/α-hetero) is 1. The molecule has 0 amide bonds. The number of aromatic nitrogens is 1. The number of hydrogen-bond acceptors (Lipinski definition) is 5. The molecular weight excluding hydrogens is 354 g/mol. The predicted molar refractivity (Wildman–Crippen MR) is 106 cm³/mol. The first kappa shape index (κ1) is 17.8. The van der Waals surface area contributed by atoms with E-state index in [-0.39, 0.29) is 12.4 Å². The molecule has 140 valence electrons. The van der Waals surface area contributed by atoms with Gasteiger partial charge in [0, 0.05) is 11.8 Å². The molecule has 2 heterocycles. The maximum Gasteiger partial charge on any atom is 0.196 e. The van der Waals surface area contributed by atoms with Gasteiger partial charge in [0.2, 0.25) is 0 Å². The molecular formula is C23H19NO4. The van der Waals surface area contributed by atoms with Crippen LogP contribution in [0, 0.1) is 0 Å². The van der Waals surface area contributed by atoms with Crippen molar-refractivity contribution >= 4 is 11.9 Å². The van der Waals surface area contributed by atoms with Crippen molar-refractivity contribution in [3.63, 3.8) is 0 Å². The highest BCUT2D eigenvalue weighted by Crippen LogP contribution is 2.31. The molecule has 0 bridgehead atoms. The van der Waals surface area contributed by atoms with E-state index in [4.69, 9.17) is 14.2 Å². The molecule has 1 aromatic heterocycles. The highest BCUT2D eigenvalue weighted by molar-refractivity contribution is 6.14. The average molecular weight is 373 g/mol. The molecule has 4 rings (SSSR count). The fourth-order valence-corrected chi connectivity index (χ4v) is 2.94. The number of rotatable bonds is 5. The molecule has 0 saturated carbocycles. The number of benzene rings is 2. The summed E-state index contributed by atoms with van der Waals surface area (Å²) in [5.41, 5.74) is 2.89. The van der Waals surface area contributed by atoms with Crippen molar-refractivity contribution < 1.29 is 19.0 Å². The van der Waals surface area contributed by atoms with Crippen LogP contribution in [0.2, 0.25) is 0 Å². The standard InChI is InChI=1S/C23H19NO4/c1-26-20-9-10-22-21(13-20)23(25)17(14-28-22)12-16-5-7-19(8-6-16)27-15-18-4-2-3-11-24-18/h2-13H,14-15H2,1H3/b17-12-. The molecule has 0 aliphatic carbocycles. The molecule has 5 nitrogen and oxygen atoms in total. The van der Waals surface area contributed by atoms with Crippen LogP contribution in [0.4, 0.5) is 0 Å². The number of methoxy groups -OCH3 is 1. The van der Waals surface area contributed by atoms with E-state index < -0.39 is 0 Å². The Bertz CT molecular complexity index is 1010. The highest BCUT2D eigenvalue weighted by atomic mass is 16.5. The topological polar surface area (TPSA) is 57.7 Å². The average Bonchev–Trinajstić information content (AvgIpc) is 2.76. The fraction of sp³-hybridized carbons (Fsp3) is 0.130. The van der Waals surface area contributed by atoms with Crippen molar-refractivity contribution in [1.29, 1.82) is 0 Å². The van der Waals surface area contributed by atoms with Gasteiger partial charge in [-0.05, 0) is 54.1 Å². The van der Waals surface area contributed by atoms with Crippen molar-refractivity contribution in [2.45, 2.75) is 6.61 Å². The minimum absolute atomic E-state index is 0.0457. The van der Waals surface area contributed by atoms with Crippen molar-refractivity contribution in [3.05, 3.63) is 89.3 Å². The summed E-state index contributed by atoms with van der Waals surface area (Å²) in [4.78, 5) is 17.0.